The van der Waals surface area contributed by atoms with Crippen molar-refractivity contribution in [2.75, 3.05) is 0 Å². The Balaban J connectivity index is 4.86. The summed E-state index contributed by atoms with van der Waals surface area (Å²) >= 11 is 0. The van der Waals surface area contributed by atoms with Gasteiger partial charge in [-0.3, -0.25) is 10.6 Å². The molecule has 0 atom stereocenters. The quantitative estimate of drug-likeness (QED) is 0.307. The van der Waals surface area contributed by atoms with E-state index in [0.717, 1.165) is 6.42 Å². The lowest BCUT2D eigenvalue weighted by Gasteiger charge is -2.05. The third-order valence-corrected chi connectivity index (χ3v) is 1.80. The van der Waals surface area contributed by atoms with E-state index in [-0.39, 0.29) is 5.78 Å². The van der Waals surface area contributed by atoms with Gasteiger partial charge >= 0.3 is 0 Å². The summed E-state index contributed by atoms with van der Waals surface area (Å²) < 4.78 is 12.6. The van der Waals surface area contributed by atoms with Gasteiger partial charge in [0.2, 0.25) is 0 Å². The highest BCUT2D eigenvalue weighted by molar-refractivity contribution is 6.07. The van der Waals surface area contributed by atoms with Crippen LogP contribution in [0.3, 0.4) is 0 Å². The molecule has 0 aromatic rings. The second-order valence-corrected chi connectivity index (χ2v) is 3.19. The van der Waals surface area contributed by atoms with Crippen LogP contribution in [0.5, 0.6) is 0 Å². The van der Waals surface area contributed by atoms with Crippen LogP contribution in [-0.4, -0.2) is 5.78 Å². The number of hydrogen-bond acceptors (Lipinski definition) is 3. The Hall–Kier alpha value is -1.42. The first-order valence-electron chi connectivity index (χ1n) is 4.75. The monoisotopic (exact) mass is 212 g/mol. The van der Waals surface area contributed by atoms with Crippen molar-refractivity contribution in [2.24, 2.45) is 5.84 Å². The van der Waals surface area contributed by atoms with Crippen molar-refractivity contribution in [1.82, 2.24) is 5.43 Å². The summed E-state index contributed by atoms with van der Waals surface area (Å²) in [4.78, 5) is 11.7. The predicted molar refractivity (Wildman–Crippen MR) is 59.3 cm³/mol. The SMILES string of the molecule is C=C(F)/C=C(/CCC)C(=O)C(C)=CNN. The Morgan fingerprint density at radius 1 is 1.60 bits per heavy atom. The van der Waals surface area contributed by atoms with E-state index >= 15 is 0 Å². The van der Waals surface area contributed by atoms with Gasteiger partial charge in [-0.2, -0.15) is 0 Å². The van der Waals surface area contributed by atoms with E-state index in [1.165, 1.54) is 12.3 Å². The zero-order valence-corrected chi connectivity index (χ0v) is 9.14. The van der Waals surface area contributed by atoms with Crippen molar-refractivity contribution in [3.8, 4) is 0 Å². The topological polar surface area (TPSA) is 55.1 Å². The first kappa shape index (κ1) is 13.6. The molecule has 0 amide bonds. The lowest BCUT2D eigenvalue weighted by atomic mass is 10.0. The zero-order valence-electron chi connectivity index (χ0n) is 9.14. The van der Waals surface area contributed by atoms with Gasteiger partial charge in [0, 0.05) is 17.3 Å². The third-order valence-electron chi connectivity index (χ3n) is 1.80. The van der Waals surface area contributed by atoms with Crippen molar-refractivity contribution in [2.45, 2.75) is 26.7 Å². The van der Waals surface area contributed by atoms with Gasteiger partial charge in [0.05, 0.1) is 0 Å². The first-order valence-corrected chi connectivity index (χ1v) is 4.75. The van der Waals surface area contributed by atoms with Crippen molar-refractivity contribution >= 4 is 5.78 Å². The highest BCUT2D eigenvalue weighted by atomic mass is 19.1. The Morgan fingerprint density at radius 3 is 2.60 bits per heavy atom. The van der Waals surface area contributed by atoms with E-state index in [2.05, 4.69) is 12.0 Å². The van der Waals surface area contributed by atoms with E-state index in [1.54, 1.807) is 6.92 Å². The Bertz CT molecular complexity index is 306. The van der Waals surface area contributed by atoms with Gasteiger partial charge in [-0.1, -0.05) is 19.9 Å². The van der Waals surface area contributed by atoms with Crippen LogP contribution in [0.25, 0.3) is 0 Å². The van der Waals surface area contributed by atoms with Crippen LogP contribution < -0.4 is 11.3 Å². The highest BCUT2D eigenvalue weighted by Gasteiger charge is 2.10. The Morgan fingerprint density at radius 2 is 2.20 bits per heavy atom. The number of allylic oxidation sites excluding steroid dienone is 4. The van der Waals surface area contributed by atoms with Gasteiger partial charge < -0.3 is 5.43 Å². The average Bonchev–Trinajstić information content (AvgIpc) is 2.16. The molecule has 15 heavy (non-hydrogen) atoms. The smallest absolute Gasteiger partial charge is 0.186 e. The van der Waals surface area contributed by atoms with Crippen molar-refractivity contribution in [3.63, 3.8) is 0 Å². The maximum Gasteiger partial charge on any atom is 0.186 e. The summed E-state index contributed by atoms with van der Waals surface area (Å²) in [5.41, 5.74) is 3.13. The molecule has 3 nitrogen and oxygen atoms in total. The van der Waals surface area contributed by atoms with Crippen LogP contribution in [0.2, 0.25) is 0 Å². The second-order valence-electron chi connectivity index (χ2n) is 3.19. The molecular weight excluding hydrogens is 195 g/mol. The van der Waals surface area contributed by atoms with E-state index in [1.807, 2.05) is 6.92 Å². The number of hydrazine groups is 1. The fourth-order valence-corrected chi connectivity index (χ4v) is 1.15. The van der Waals surface area contributed by atoms with E-state index in [4.69, 9.17) is 5.84 Å². The number of nitrogens with one attached hydrogen (secondary N) is 1. The molecule has 0 aromatic heterocycles. The third kappa shape index (κ3) is 5.12. The molecule has 0 heterocycles. The number of carbonyl (C=O) groups excluding carboxylic acids is 1. The van der Waals surface area contributed by atoms with Crippen molar-refractivity contribution < 1.29 is 9.18 Å². The number of ketones is 1. The maximum atomic E-state index is 12.6. The molecule has 0 bridgehead atoms. The van der Waals surface area contributed by atoms with E-state index in [9.17, 15) is 9.18 Å². The summed E-state index contributed by atoms with van der Waals surface area (Å²) in [6.45, 7) is 6.65. The summed E-state index contributed by atoms with van der Waals surface area (Å²) in [7, 11) is 0. The minimum atomic E-state index is -0.611. The lowest BCUT2D eigenvalue weighted by Crippen LogP contribution is -2.16. The van der Waals surface area contributed by atoms with Crippen LogP contribution in [0.1, 0.15) is 26.7 Å². The molecule has 0 radical (unpaired) electrons. The fourth-order valence-electron chi connectivity index (χ4n) is 1.15. The van der Waals surface area contributed by atoms with Gasteiger partial charge in [-0.15, -0.1) is 0 Å². The van der Waals surface area contributed by atoms with Crippen LogP contribution in [0.15, 0.2) is 35.8 Å². The molecule has 0 aromatic carbocycles. The standard InChI is InChI=1S/C11H17FN2O/c1-4-5-10(6-9(3)12)11(15)8(2)7-14-13/h6-7,14H,3-5,13H2,1-2H3/b8-7?,10-6-. The van der Waals surface area contributed by atoms with Crippen LogP contribution in [-0.2, 0) is 4.79 Å². The largest absolute Gasteiger partial charge is 0.331 e. The zero-order chi connectivity index (χ0) is 11.8. The Kier molecular flexibility index (Phi) is 6.29. The highest BCUT2D eigenvalue weighted by Crippen LogP contribution is 2.14. The number of Topliss-reactive ketones (excluding diaryl/α,β-unsaturated/α-hetero) is 1. The molecule has 4 heteroatoms. The van der Waals surface area contributed by atoms with E-state index in [0.29, 0.717) is 17.6 Å². The number of halogens is 1. The van der Waals surface area contributed by atoms with Gasteiger partial charge in [-0.05, 0) is 19.4 Å². The van der Waals surface area contributed by atoms with Gasteiger partial charge in [0.25, 0.3) is 0 Å². The average molecular weight is 212 g/mol. The van der Waals surface area contributed by atoms with E-state index < -0.39 is 5.83 Å². The molecule has 3 N–H and O–H groups in total. The van der Waals surface area contributed by atoms with Crippen LogP contribution >= 0.6 is 0 Å². The van der Waals surface area contributed by atoms with Crippen LogP contribution in [0, 0.1) is 0 Å². The first-order chi connectivity index (χ1) is 7.02. The molecule has 0 aliphatic carbocycles. The summed E-state index contributed by atoms with van der Waals surface area (Å²) in [6, 6.07) is 0. The molecule has 0 spiro atoms. The fraction of sp³-hybridized carbons (Fsp3) is 0.364. The number of rotatable bonds is 6. The van der Waals surface area contributed by atoms with Crippen molar-refractivity contribution in [1.29, 1.82) is 0 Å². The lowest BCUT2D eigenvalue weighted by molar-refractivity contribution is -0.112. The van der Waals surface area contributed by atoms with Gasteiger partial charge in [0.15, 0.2) is 5.78 Å². The normalized spacial score (nSPS) is 12.5. The molecule has 0 fully saturated rings. The predicted octanol–water partition coefficient (Wildman–Crippen LogP) is 2.13. The molecule has 0 rings (SSSR count). The van der Waals surface area contributed by atoms with Gasteiger partial charge in [-0.25, -0.2) is 4.39 Å². The second kappa shape index (κ2) is 6.95. The summed E-state index contributed by atoms with van der Waals surface area (Å²) in [6.07, 6.45) is 3.85. The molecule has 0 aliphatic heterocycles. The Labute approximate surface area is 89.5 Å². The molecule has 84 valence electrons. The molecule has 0 aliphatic rings. The number of nitrogens with two attached hydrogens (primary N) is 1. The maximum absolute atomic E-state index is 12.6. The number of hydrogen-bond donors (Lipinski definition) is 2. The number of carbonyl (C=O) groups is 1. The molecule has 0 unspecified atom stereocenters. The molecule has 0 saturated heterocycles. The molecule has 0 saturated carbocycles. The summed E-state index contributed by atoms with van der Waals surface area (Å²) in [5.74, 6) is 4.23. The van der Waals surface area contributed by atoms with Crippen LogP contribution in [0.4, 0.5) is 4.39 Å². The minimum Gasteiger partial charge on any atom is -0.331 e. The van der Waals surface area contributed by atoms with Gasteiger partial charge in [0.1, 0.15) is 5.83 Å². The molecular formula is C11H17FN2O. The van der Waals surface area contributed by atoms with Crippen molar-refractivity contribution in [3.05, 3.63) is 35.8 Å². The summed E-state index contributed by atoms with van der Waals surface area (Å²) in [5, 5.41) is 0. The minimum absolute atomic E-state index is 0.214.